The molecule has 0 unspecified atom stereocenters. The largest absolute Gasteiger partial charge is 0.480 e. The molecule has 0 amide bonds. The van der Waals surface area contributed by atoms with Crippen molar-refractivity contribution >= 4 is 5.97 Å². The molecule has 4 nitrogen and oxygen atoms in total. The number of nitrogens with one attached hydrogen (secondary N) is 1. The Kier molecular flexibility index (Phi) is 20.2. The molecule has 0 spiro atoms. The maximum absolute atomic E-state index is 11.2. The Morgan fingerprint density at radius 2 is 1.46 bits per heavy atom. The Bertz CT molecular complexity index is 378. The van der Waals surface area contributed by atoms with Crippen LogP contribution in [0.15, 0.2) is 12.2 Å². The minimum Gasteiger partial charge on any atom is -0.480 e. The third-order valence-electron chi connectivity index (χ3n) is 5.22. The van der Waals surface area contributed by atoms with E-state index in [2.05, 4.69) is 17.5 Å². The van der Waals surface area contributed by atoms with Crippen LogP contribution in [0.3, 0.4) is 0 Å². The Morgan fingerprint density at radius 3 is 2.04 bits per heavy atom. The van der Waals surface area contributed by atoms with Gasteiger partial charge in [0, 0.05) is 1.37 Å². The van der Waals surface area contributed by atoms with Gasteiger partial charge in [0.1, 0.15) is 6.04 Å². The fourth-order valence-electron chi connectivity index (χ4n) is 3.38. The highest BCUT2D eigenvalue weighted by atomic mass is 16.4. The lowest BCUT2D eigenvalue weighted by atomic mass is 10.1. The second-order valence-corrected chi connectivity index (χ2v) is 7.92. The summed E-state index contributed by atoms with van der Waals surface area (Å²) < 4.78 is 7.11. The van der Waals surface area contributed by atoms with Crippen molar-refractivity contribution in [3.63, 3.8) is 0 Å². The van der Waals surface area contributed by atoms with Crippen LogP contribution in [0.4, 0.5) is 0 Å². The summed E-state index contributed by atoms with van der Waals surface area (Å²) in [7, 11) is 0. The topological polar surface area (TPSA) is 75.3 Å². The van der Waals surface area contributed by atoms with Gasteiger partial charge in [-0.15, -0.1) is 0 Å². The van der Waals surface area contributed by atoms with Gasteiger partial charge in [-0.2, -0.15) is 0 Å². The van der Waals surface area contributed by atoms with Crippen LogP contribution in [0.2, 0.25) is 0 Å². The normalized spacial score (nSPS) is 13.1. The summed E-state index contributed by atoms with van der Waals surface area (Å²) in [5.41, 5.74) is 5.46. The van der Waals surface area contributed by atoms with Crippen molar-refractivity contribution in [3.8, 4) is 0 Å². The fourth-order valence-corrected chi connectivity index (χ4v) is 3.38. The lowest BCUT2D eigenvalue weighted by Gasteiger charge is -2.14. The van der Waals surface area contributed by atoms with Gasteiger partial charge in [-0.1, -0.05) is 83.3 Å². The minimum absolute atomic E-state index is 0.415. The maximum Gasteiger partial charge on any atom is 0.320 e. The smallest absolute Gasteiger partial charge is 0.320 e. The zero-order chi connectivity index (χ0) is 21.4. The molecule has 0 heterocycles. The first-order valence-electron chi connectivity index (χ1n) is 12.5. The van der Waals surface area contributed by atoms with Crippen LogP contribution in [0.1, 0.15) is 117 Å². The van der Waals surface area contributed by atoms with Crippen molar-refractivity contribution in [1.82, 2.24) is 5.32 Å². The molecule has 0 fully saturated rings. The Labute approximate surface area is 176 Å². The lowest BCUT2D eigenvalue weighted by Crippen LogP contribution is -2.37. The molecule has 0 aromatic rings. The maximum atomic E-state index is 11.2. The first-order chi connectivity index (χ1) is 14.2. The minimum atomic E-state index is -0.740. The number of hydrogen-bond acceptors (Lipinski definition) is 3. The number of unbranched alkanes of at least 4 members (excludes halogenated alkanes) is 13. The molecule has 28 heavy (non-hydrogen) atoms. The number of allylic oxidation sites excluding steroid dienone is 2. The second kappa shape index (κ2) is 22.4. The molecule has 0 aliphatic rings. The van der Waals surface area contributed by atoms with Crippen LogP contribution in [-0.4, -0.2) is 30.2 Å². The molecule has 0 radical (unpaired) electrons. The molecule has 0 aliphatic carbocycles. The molecule has 4 N–H and O–H groups in total. The lowest BCUT2D eigenvalue weighted by molar-refractivity contribution is -0.139. The molecule has 0 aliphatic heterocycles. The van der Waals surface area contributed by atoms with Crippen LogP contribution in [0, 0.1) is 0 Å². The first kappa shape index (κ1) is 25.2. The number of hydrogen-bond donors (Lipinski definition) is 3. The van der Waals surface area contributed by atoms with Gasteiger partial charge in [-0.25, -0.2) is 0 Å². The number of rotatable bonds is 22. The third kappa shape index (κ3) is 19.9. The van der Waals surface area contributed by atoms with E-state index in [0.717, 1.165) is 32.2 Å². The summed E-state index contributed by atoms with van der Waals surface area (Å²) in [5, 5.41) is 12.4. The number of carbonyl (C=O) groups is 1. The zero-order valence-electron chi connectivity index (χ0n) is 19.3. The number of carboxylic acid groups (broad SMARTS) is 1. The standard InChI is InChI=1S/C24H48N2O2/c1-2-3-4-5-6-7-8-9-10-11-12-13-14-15-16-19-22-26-23(24(27)28)20-17-18-21-25/h9-10,23,26H,2-8,11-22,25H2,1H3,(H,27,28)/b10-9-/t23-/m0/s1/i1D. The van der Waals surface area contributed by atoms with E-state index in [0.29, 0.717) is 19.9 Å². The molecule has 1 atom stereocenters. The molecule has 0 aromatic carbocycles. The first-order valence-corrected chi connectivity index (χ1v) is 11.8. The number of aliphatic carboxylic acids is 1. The van der Waals surface area contributed by atoms with Gasteiger partial charge in [-0.05, 0) is 58.0 Å². The Hall–Kier alpha value is -0.870. The number of carboxylic acids is 1. The summed E-state index contributed by atoms with van der Waals surface area (Å²) in [6, 6.07) is -0.415. The van der Waals surface area contributed by atoms with Crippen molar-refractivity contribution in [2.75, 3.05) is 13.1 Å². The molecule has 166 valence electrons. The van der Waals surface area contributed by atoms with E-state index in [1.165, 1.54) is 77.0 Å². The van der Waals surface area contributed by atoms with E-state index < -0.39 is 12.0 Å². The van der Waals surface area contributed by atoms with Gasteiger partial charge in [0.2, 0.25) is 0 Å². The van der Waals surface area contributed by atoms with Crippen molar-refractivity contribution < 1.29 is 11.3 Å². The van der Waals surface area contributed by atoms with Gasteiger partial charge < -0.3 is 16.2 Å². The van der Waals surface area contributed by atoms with Gasteiger partial charge >= 0.3 is 5.97 Å². The van der Waals surface area contributed by atoms with E-state index in [-0.39, 0.29) is 0 Å². The summed E-state index contributed by atoms with van der Waals surface area (Å²) in [4.78, 5) is 11.2. The van der Waals surface area contributed by atoms with E-state index in [4.69, 9.17) is 7.10 Å². The van der Waals surface area contributed by atoms with Crippen LogP contribution in [0.25, 0.3) is 0 Å². The van der Waals surface area contributed by atoms with E-state index in [9.17, 15) is 9.90 Å². The van der Waals surface area contributed by atoms with Gasteiger partial charge in [-0.3, -0.25) is 4.79 Å². The monoisotopic (exact) mass is 397 g/mol. The van der Waals surface area contributed by atoms with Crippen molar-refractivity contribution in [1.29, 1.82) is 0 Å². The highest BCUT2D eigenvalue weighted by Crippen LogP contribution is 2.10. The highest BCUT2D eigenvalue weighted by Gasteiger charge is 2.15. The molecular formula is C24H48N2O2. The van der Waals surface area contributed by atoms with Crippen molar-refractivity contribution in [2.24, 2.45) is 5.73 Å². The molecule has 0 aromatic heterocycles. The van der Waals surface area contributed by atoms with Crippen molar-refractivity contribution in [3.05, 3.63) is 12.2 Å². The van der Waals surface area contributed by atoms with E-state index in [1.54, 1.807) is 0 Å². The summed E-state index contributed by atoms with van der Waals surface area (Å²) in [5.74, 6) is -0.740. The molecule has 0 saturated heterocycles. The predicted octanol–water partition coefficient (Wildman–Crippen LogP) is 6.20. The highest BCUT2D eigenvalue weighted by molar-refractivity contribution is 5.73. The third-order valence-corrected chi connectivity index (χ3v) is 5.22. The summed E-state index contributed by atoms with van der Waals surface area (Å²) >= 11 is 0. The summed E-state index contributed by atoms with van der Waals surface area (Å²) in [6.07, 6.45) is 24.5. The zero-order valence-corrected chi connectivity index (χ0v) is 18.3. The predicted molar refractivity (Wildman–Crippen MR) is 122 cm³/mol. The number of nitrogens with two attached hydrogens (primary N) is 1. The van der Waals surface area contributed by atoms with Crippen LogP contribution in [-0.2, 0) is 4.79 Å². The molecule has 0 rings (SSSR count). The van der Waals surface area contributed by atoms with Crippen molar-refractivity contribution in [2.45, 2.75) is 122 Å². The van der Waals surface area contributed by atoms with Gasteiger partial charge in [0.25, 0.3) is 0 Å². The van der Waals surface area contributed by atoms with Gasteiger partial charge in [0.05, 0.1) is 0 Å². The average Bonchev–Trinajstić information content (AvgIpc) is 2.71. The fraction of sp³-hybridized carbons (Fsp3) is 0.875. The Morgan fingerprint density at radius 1 is 0.893 bits per heavy atom. The SMILES string of the molecule is [2H]CCCCCCCC/C=C\CCCCCCCCN[C@@H](CCCCN)C(=O)O. The second-order valence-electron chi connectivity index (χ2n) is 7.92. The molecule has 0 saturated carbocycles. The summed E-state index contributed by atoms with van der Waals surface area (Å²) in [6.45, 7) is 2.02. The molecular weight excluding hydrogens is 348 g/mol. The van der Waals surface area contributed by atoms with Crippen LogP contribution in [0.5, 0.6) is 0 Å². The molecule has 0 bridgehead atoms. The van der Waals surface area contributed by atoms with Gasteiger partial charge in [0.15, 0.2) is 0 Å². The Balaban J connectivity index is 3.32. The quantitative estimate of drug-likeness (QED) is 0.150. The molecule has 4 heteroatoms. The van der Waals surface area contributed by atoms with Crippen LogP contribution >= 0.6 is 0 Å². The van der Waals surface area contributed by atoms with E-state index >= 15 is 0 Å². The van der Waals surface area contributed by atoms with Crippen LogP contribution < -0.4 is 11.1 Å². The van der Waals surface area contributed by atoms with E-state index in [1.807, 2.05) is 0 Å². The average molecular weight is 398 g/mol.